The van der Waals surface area contributed by atoms with E-state index in [1.54, 1.807) is 54.4 Å². The molecule has 1 N–H and O–H groups in total. The summed E-state index contributed by atoms with van der Waals surface area (Å²) < 4.78 is 33.7. The van der Waals surface area contributed by atoms with Crippen LogP contribution in [0.25, 0.3) is 10.9 Å². The molecule has 4 rings (SSSR count). The zero-order chi connectivity index (χ0) is 22.2. The van der Waals surface area contributed by atoms with E-state index in [0.717, 1.165) is 0 Å². The summed E-state index contributed by atoms with van der Waals surface area (Å²) in [7, 11) is -1.81. The number of carboxylic acids is 1. The number of morpholine rings is 1. The fourth-order valence-corrected chi connectivity index (χ4v) is 5.11. The van der Waals surface area contributed by atoms with Crippen LogP contribution < -0.4 is 4.90 Å². The second kappa shape index (κ2) is 8.46. The lowest BCUT2D eigenvalue weighted by molar-refractivity contribution is -0.137. The van der Waals surface area contributed by atoms with E-state index >= 15 is 0 Å². The Hall–Kier alpha value is -2.66. The molecule has 9 nitrogen and oxygen atoms in total. The van der Waals surface area contributed by atoms with Crippen molar-refractivity contribution >= 4 is 50.0 Å². The van der Waals surface area contributed by atoms with Gasteiger partial charge in [-0.1, -0.05) is 11.6 Å². The van der Waals surface area contributed by atoms with Crippen molar-refractivity contribution in [1.29, 1.82) is 0 Å². The summed E-state index contributed by atoms with van der Waals surface area (Å²) in [5, 5.41) is 14.8. The predicted molar refractivity (Wildman–Crippen MR) is 116 cm³/mol. The molecule has 0 unspecified atom stereocenters. The Morgan fingerprint density at radius 1 is 1.19 bits per heavy atom. The molecule has 1 saturated heterocycles. The molecule has 0 bridgehead atoms. The normalized spacial score (nSPS) is 15.3. The fourth-order valence-electron chi connectivity index (χ4n) is 3.53. The number of anilines is 2. The van der Waals surface area contributed by atoms with Crippen LogP contribution in [-0.2, 0) is 26.1 Å². The molecule has 2 heterocycles. The number of fused-ring (bicyclic) bond motifs is 1. The van der Waals surface area contributed by atoms with Crippen molar-refractivity contribution in [2.75, 3.05) is 38.3 Å². The van der Waals surface area contributed by atoms with Gasteiger partial charge >= 0.3 is 5.97 Å². The Bertz CT molecular complexity index is 1220. The largest absolute Gasteiger partial charge is 0.480 e. The molecule has 0 amide bonds. The van der Waals surface area contributed by atoms with E-state index < -0.39 is 16.0 Å². The summed E-state index contributed by atoms with van der Waals surface area (Å²) in [6, 6.07) is 11.6. The van der Waals surface area contributed by atoms with E-state index in [9.17, 15) is 18.3 Å². The van der Waals surface area contributed by atoms with E-state index in [1.165, 1.54) is 8.99 Å². The number of aromatic nitrogens is 2. The van der Waals surface area contributed by atoms with E-state index in [2.05, 4.69) is 5.10 Å². The highest BCUT2D eigenvalue weighted by Crippen LogP contribution is 2.33. The zero-order valence-corrected chi connectivity index (χ0v) is 18.3. The van der Waals surface area contributed by atoms with Crippen molar-refractivity contribution in [2.45, 2.75) is 11.4 Å². The molecule has 1 aliphatic heterocycles. The number of sulfonamides is 1. The number of hydrogen-bond acceptors (Lipinski definition) is 6. The molecule has 0 saturated carbocycles. The highest BCUT2D eigenvalue weighted by Gasteiger charge is 2.26. The Labute approximate surface area is 184 Å². The van der Waals surface area contributed by atoms with Crippen molar-refractivity contribution in [3.63, 3.8) is 0 Å². The van der Waals surface area contributed by atoms with Crippen LogP contribution in [0.3, 0.4) is 0 Å². The van der Waals surface area contributed by atoms with Gasteiger partial charge in [0.1, 0.15) is 6.54 Å². The average molecular weight is 465 g/mol. The molecule has 164 valence electrons. The first-order chi connectivity index (χ1) is 14.8. The Kier molecular flexibility index (Phi) is 5.89. The molecule has 0 spiro atoms. The van der Waals surface area contributed by atoms with Crippen LogP contribution in [0.4, 0.5) is 11.5 Å². The third-order valence-electron chi connectivity index (χ3n) is 5.13. The smallest absolute Gasteiger partial charge is 0.325 e. The molecule has 31 heavy (non-hydrogen) atoms. The molecule has 1 aromatic heterocycles. The molecule has 0 radical (unpaired) electrons. The van der Waals surface area contributed by atoms with Gasteiger partial charge < -0.3 is 14.7 Å². The molecule has 0 atom stereocenters. The molecular weight excluding hydrogens is 444 g/mol. The van der Waals surface area contributed by atoms with Gasteiger partial charge in [0.25, 0.3) is 0 Å². The topological polar surface area (TPSA) is 105 Å². The second-order valence-electron chi connectivity index (χ2n) is 7.11. The highest BCUT2D eigenvalue weighted by atomic mass is 35.5. The summed E-state index contributed by atoms with van der Waals surface area (Å²) >= 11 is 6.15. The lowest BCUT2D eigenvalue weighted by Crippen LogP contribution is -2.40. The van der Waals surface area contributed by atoms with Crippen LogP contribution in [0.1, 0.15) is 0 Å². The van der Waals surface area contributed by atoms with Gasteiger partial charge in [-0.05, 0) is 42.5 Å². The van der Waals surface area contributed by atoms with Gasteiger partial charge in [0.2, 0.25) is 10.0 Å². The summed E-state index contributed by atoms with van der Waals surface area (Å²) in [5.41, 5.74) is 1.34. The van der Waals surface area contributed by atoms with Crippen molar-refractivity contribution in [3.8, 4) is 0 Å². The van der Waals surface area contributed by atoms with Gasteiger partial charge in [0, 0.05) is 36.2 Å². The van der Waals surface area contributed by atoms with E-state index in [-0.39, 0.29) is 11.4 Å². The van der Waals surface area contributed by atoms with Crippen LogP contribution in [0.2, 0.25) is 5.02 Å². The molecule has 1 aliphatic rings. The van der Waals surface area contributed by atoms with Gasteiger partial charge in [-0.3, -0.25) is 9.48 Å². The first kappa shape index (κ1) is 21.6. The minimum atomic E-state index is -3.59. The minimum absolute atomic E-state index is 0.204. The third-order valence-corrected chi connectivity index (χ3v) is 7.28. The number of ether oxygens (including phenoxy) is 1. The first-order valence-electron chi connectivity index (χ1n) is 9.57. The summed E-state index contributed by atoms with van der Waals surface area (Å²) in [5.74, 6) is -0.492. The highest BCUT2D eigenvalue weighted by molar-refractivity contribution is 7.89. The quantitative estimate of drug-likeness (QED) is 0.597. The molecule has 2 aromatic carbocycles. The number of carbonyl (C=O) groups is 1. The van der Waals surface area contributed by atoms with Crippen molar-refractivity contribution in [3.05, 3.63) is 47.5 Å². The first-order valence-corrected chi connectivity index (χ1v) is 11.4. The lowest BCUT2D eigenvalue weighted by atomic mass is 10.2. The average Bonchev–Trinajstić information content (AvgIpc) is 3.10. The maximum absolute atomic E-state index is 12.8. The molecule has 1 fully saturated rings. The summed E-state index contributed by atoms with van der Waals surface area (Å²) in [6.45, 7) is 1.14. The number of nitrogens with zero attached hydrogens (tertiary/aromatic N) is 4. The van der Waals surface area contributed by atoms with E-state index in [0.29, 0.717) is 53.7 Å². The lowest BCUT2D eigenvalue weighted by Gasteiger charge is -2.26. The Balaban J connectivity index is 1.67. The molecule has 0 aliphatic carbocycles. The number of halogens is 1. The number of aliphatic carboxylic acids is 1. The van der Waals surface area contributed by atoms with Crippen LogP contribution in [0, 0.1) is 0 Å². The Morgan fingerprint density at radius 3 is 2.52 bits per heavy atom. The summed E-state index contributed by atoms with van der Waals surface area (Å²) in [6.07, 6.45) is 0. The molecule has 11 heteroatoms. The van der Waals surface area contributed by atoms with Gasteiger partial charge in [-0.25, -0.2) is 8.42 Å². The number of carboxylic acid groups (broad SMARTS) is 1. The van der Waals surface area contributed by atoms with Crippen LogP contribution in [0.5, 0.6) is 0 Å². The van der Waals surface area contributed by atoms with Crippen LogP contribution in [0.15, 0.2) is 47.4 Å². The fraction of sp³-hybridized carbons (Fsp3) is 0.300. The van der Waals surface area contributed by atoms with Gasteiger partial charge in [-0.15, -0.1) is 0 Å². The number of hydrogen-bond donors (Lipinski definition) is 1. The number of rotatable bonds is 6. The van der Waals surface area contributed by atoms with E-state index in [4.69, 9.17) is 16.3 Å². The summed E-state index contributed by atoms with van der Waals surface area (Å²) in [4.78, 5) is 13.2. The van der Waals surface area contributed by atoms with Crippen LogP contribution >= 0.6 is 11.6 Å². The maximum Gasteiger partial charge on any atom is 0.325 e. The van der Waals surface area contributed by atoms with Crippen molar-refractivity contribution < 1.29 is 23.1 Å². The predicted octanol–water partition coefficient (Wildman–Crippen LogP) is 2.56. The Morgan fingerprint density at radius 2 is 1.87 bits per heavy atom. The standard InChI is InChI=1S/C20H21ClN4O5S/c1-23(20-17-12-14(21)2-7-18(17)25(22-20)13-19(26)27)15-3-5-16(6-4-15)31(28,29)24-8-10-30-11-9-24/h2-7,12H,8-11,13H2,1H3,(H,26,27). The van der Waals surface area contributed by atoms with Gasteiger partial charge in [0.05, 0.1) is 23.6 Å². The van der Waals surface area contributed by atoms with Gasteiger partial charge in [-0.2, -0.15) is 9.40 Å². The van der Waals surface area contributed by atoms with Crippen LogP contribution in [-0.4, -0.2) is 66.9 Å². The monoisotopic (exact) mass is 464 g/mol. The minimum Gasteiger partial charge on any atom is -0.480 e. The van der Waals surface area contributed by atoms with E-state index in [1.807, 2.05) is 0 Å². The number of benzene rings is 2. The molecule has 3 aromatic rings. The maximum atomic E-state index is 12.8. The molecular formula is C20H21ClN4O5S. The SMILES string of the molecule is CN(c1ccc(S(=O)(=O)N2CCOCC2)cc1)c1nn(CC(=O)O)c2ccc(Cl)cc12. The second-order valence-corrected chi connectivity index (χ2v) is 9.48. The van der Waals surface area contributed by atoms with Gasteiger partial charge in [0.15, 0.2) is 5.82 Å². The zero-order valence-electron chi connectivity index (χ0n) is 16.7. The van der Waals surface area contributed by atoms with Crippen molar-refractivity contribution in [2.24, 2.45) is 0 Å². The van der Waals surface area contributed by atoms with Crippen molar-refractivity contribution in [1.82, 2.24) is 14.1 Å². The third kappa shape index (κ3) is 4.24.